The quantitative estimate of drug-likeness (QED) is 0.716. The number of nitrogens with one attached hydrogen (secondary N) is 2. The molecule has 8 nitrogen and oxygen atoms in total. The van der Waals surface area contributed by atoms with Gasteiger partial charge in [0.2, 0.25) is 23.6 Å². The van der Waals surface area contributed by atoms with E-state index < -0.39 is 17.1 Å². The highest BCUT2D eigenvalue weighted by Gasteiger charge is 2.29. The van der Waals surface area contributed by atoms with E-state index in [9.17, 15) is 9.59 Å². The van der Waals surface area contributed by atoms with Crippen LogP contribution in [0.3, 0.4) is 0 Å². The number of aromatic nitrogens is 3. The van der Waals surface area contributed by atoms with Crippen molar-refractivity contribution in [2.45, 2.75) is 47.1 Å². The number of hydrogen-bond donors (Lipinski definition) is 3. The predicted octanol–water partition coefficient (Wildman–Crippen LogP) is 1.22. The van der Waals surface area contributed by atoms with Gasteiger partial charge in [0.25, 0.3) is 5.91 Å². The summed E-state index contributed by atoms with van der Waals surface area (Å²) in [5.74, 6) is -1.22. The fourth-order valence-electron chi connectivity index (χ4n) is 1.34. The molecule has 1 aromatic heterocycles. The molecule has 0 unspecified atom stereocenters. The molecule has 1 rings (SSSR count). The Morgan fingerprint density at radius 3 is 1.95 bits per heavy atom. The van der Waals surface area contributed by atoms with Gasteiger partial charge in [-0.2, -0.15) is 15.0 Å². The normalized spacial score (nSPS) is 11.9. The van der Waals surface area contributed by atoms with E-state index >= 15 is 0 Å². The number of carbonyl (C=O) groups is 2. The summed E-state index contributed by atoms with van der Waals surface area (Å²) in [5, 5.41) is 5.36. The van der Waals surface area contributed by atoms with E-state index in [0.29, 0.717) is 0 Å². The molecule has 0 saturated carbocycles. The minimum atomic E-state index is -0.783. The first-order chi connectivity index (χ1) is 9.38. The van der Waals surface area contributed by atoms with Crippen molar-refractivity contribution in [3.05, 3.63) is 0 Å². The molecular weight excluding hydrogens is 272 g/mol. The molecule has 0 aliphatic rings. The average molecular weight is 294 g/mol. The lowest BCUT2D eigenvalue weighted by molar-refractivity contribution is -0.139. The number of rotatable bonds is 3. The van der Waals surface area contributed by atoms with Gasteiger partial charge in [-0.25, -0.2) is 0 Å². The second-order valence-corrected chi connectivity index (χ2v) is 6.75. The Morgan fingerprint density at radius 1 is 0.952 bits per heavy atom. The number of amides is 1. The first-order valence-electron chi connectivity index (χ1n) is 6.54. The number of Topliss-reactive ketones (excluding diaryl/α,β-unsaturated/α-hetero) is 1. The summed E-state index contributed by atoms with van der Waals surface area (Å²) in [6.07, 6.45) is 0. The highest BCUT2D eigenvalue weighted by atomic mass is 16.2. The maximum atomic E-state index is 11.8. The van der Waals surface area contributed by atoms with E-state index in [1.807, 2.05) is 20.8 Å². The van der Waals surface area contributed by atoms with Crippen molar-refractivity contribution in [3.63, 3.8) is 0 Å². The summed E-state index contributed by atoms with van der Waals surface area (Å²) >= 11 is 0. The Balaban J connectivity index is 2.94. The van der Waals surface area contributed by atoms with Gasteiger partial charge in [-0.05, 0) is 20.8 Å². The van der Waals surface area contributed by atoms with Gasteiger partial charge >= 0.3 is 0 Å². The minimum absolute atomic E-state index is 0.0461. The van der Waals surface area contributed by atoms with E-state index in [1.165, 1.54) is 0 Å². The number of nitrogen functional groups attached to an aromatic ring is 1. The summed E-state index contributed by atoms with van der Waals surface area (Å²) in [7, 11) is 0. The summed E-state index contributed by atoms with van der Waals surface area (Å²) < 4.78 is 0. The Morgan fingerprint density at radius 2 is 1.48 bits per heavy atom. The molecule has 116 valence electrons. The second-order valence-electron chi connectivity index (χ2n) is 6.75. The number of hydrogen-bond acceptors (Lipinski definition) is 7. The highest BCUT2D eigenvalue weighted by molar-refractivity contribution is 6.41. The number of nitrogens with two attached hydrogens (primary N) is 1. The second kappa shape index (κ2) is 5.63. The molecule has 0 saturated heterocycles. The standard InChI is InChI=1S/C13H22N6O2/c1-12(2,3)7(20)8(21)15-10-16-9(14)17-11(18-10)19-13(4,5)6/h1-6H3,(H4,14,15,16,17,18,19,21). The van der Waals surface area contributed by atoms with Gasteiger partial charge in [0.1, 0.15) is 0 Å². The largest absolute Gasteiger partial charge is 0.368 e. The Kier molecular flexibility index (Phi) is 4.50. The molecule has 0 bridgehead atoms. The maximum absolute atomic E-state index is 11.8. The third-order valence-electron chi connectivity index (χ3n) is 2.25. The zero-order valence-electron chi connectivity index (χ0n) is 13.2. The highest BCUT2D eigenvalue weighted by Crippen LogP contribution is 2.16. The van der Waals surface area contributed by atoms with Gasteiger partial charge in [0.05, 0.1) is 0 Å². The van der Waals surface area contributed by atoms with Crippen LogP contribution in [0, 0.1) is 5.41 Å². The number of carbonyl (C=O) groups excluding carboxylic acids is 2. The zero-order valence-corrected chi connectivity index (χ0v) is 13.2. The molecule has 1 amide bonds. The average Bonchev–Trinajstić information content (AvgIpc) is 2.22. The van der Waals surface area contributed by atoms with Crippen LogP contribution in [-0.2, 0) is 9.59 Å². The van der Waals surface area contributed by atoms with Gasteiger partial charge in [-0.3, -0.25) is 14.9 Å². The summed E-state index contributed by atoms with van der Waals surface area (Å²) in [6, 6.07) is 0. The van der Waals surface area contributed by atoms with Crippen molar-refractivity contribution in [1.82, 2.24) is 15.0 Å². The third kappa shape index (κ3) is 5.33. The molecule has 0 fully saturated rings. The van der Waals surface area contributed by atoms with E-state index in [0.717, 1.165) is 0 Å². The van der Waals surface area contributed by atoms with Crippen molar-refractivity contribution in [2.24, 2.45) is 5.41 Å². The molecule has 0 aliphatic heterocycles. The molecule has 21 heavy (non-hydrogen) atoms. The van der Waals surface area contributed by atoms with Crippen molar-refractivity contribution >= 4 is 29.5 Å². The molecule has 0 atom stereocenters. The van der Waals surface area contributed by atoms with Crippen LogP contribution >= 0.6 is 0 Å². The molecule has 8 heteroatoms. The summed E-state index contributed by atoms with van der Waals surface area (Å²) in [4.78, 5) is 35.4. The molecule has 1 aromatic rings. The molecule has 0 aliphatic carbocycles. The summed E-state index contributed by atoms with van der Waals surface area (Å²) in [6.45, 7) is 10.7. The SMILES string of the molecule is CC(C)(C)Nc1nc(N)nc(NC(=O)C(=O)C(C)(C)C)n1. The van der Waals surface area contributed by atoms with Gasteiger partial charge in [0.15, 0.2) is 0 Å². The lowest BCUT2D eigenvalue weighted by Crippen LogP contribution is -2.34. The van der Waals surface area contributed by atoms with Gasteiger partial charge in [-0.15, -0.1) is 0 Å². The van der Waals surface area contributed by atoms with Gasteiger partial charge in [0, 0.05) is 11.0 Å². The topological polar surface area (TPSA) is 123 Å². The number of anilines is 3. The fourth-order valence-corrected chi connectivity index (χ4v) is 1.34. The molecule has 0 aromatic carbocycles. The van der Waals surface area contributed by atoms with Crippen LogP contribution in [0.5, 0.6) is 0 Å². The first-order valence-corrected chi connectivity index (χ1v) is 6.54. The number of nitrogens with zero attached hydrogens (tertiary/aromatic N) is 3. The van der Waals surface area contributed by atoms with Gasteiger partial charge in [-0.1, -0.05) is 20.8 Å². The molecule has 0 spiro atoms. The van der Waals surface area contributed by atoms with E-state index in [-0.39, 0.29) is 23.4 Å². The Labute approximate surface area is 124 Å². The van der Waals surface area contributed by atoms with Crippen molar-refractivity contribution in [3.8, 4) is 0 Å². The Hall–Kier alpha value is -2.25. The van der Waals surface area contributed by atoms with Crippen molar-refractivity contribution in [2.75, 3.05) is 16.4 Å². The maximum Gasteiger partial charge on any atom is 0.294 e. The Bertz CT molecular complexity index is 557. The molecule has 1 heterocycles. The zero-order chi connectivity index (χ0) is 16.4. The monoisotopic (exact) mass is 294 g/mol. The lowest BCUT2D eigenvalue weighted by Gasteiger charge is -2.20. The van der Waals surface area contributed by atoms with E-state index in [1.54, 1.807) is 20.8 Å². The van der Waals surface area contributed by atoms with Crippen molar-refractivity contribution in [1.29, 1.82) is 0 Å². The predicted molar refractivity (Wildman–Crippen MR) is 80.7 cm³/mol. The minimum Gasteiger partial charge on any atom is -0.368 e. The van der Waals surface area contributed by atoms with Crippen LogP contribution in [0.25, 0.3) is 0 Å². The third-order valence-corrected chi connectivity index (χ3v) is 2.25. The lowest BCUT2D eigenvalue weighted by atomic mass is 9.90. The van der Waals surface area contributed by atoms with Crippen LogP contribution in [0.1, 0.15) is 41.5 Å². The van der Waals surface area contributed by atoms with Crippen molar-refractivity contribution < 1.29 is 9.59 Å². The van der Waals surface area contributed by atoms with Crippen LogP contribution < -0.4 is 16.4 Å². The fraction of sp³-hybridized carbons (Fsp3) is 0.615. The smallest absolute Gasteiger partial charge is 0.294 e. The van der Waals surface area contributed by atoms with E-state index in [2.05, 4.69) is 25.6 Å². The van der Waals surface area contributed by atoms with E-state index in [4.69, 9.17) is 5.73 Å². The van der Waals surface area contributed by atoms with Crippen LogP contribution in [0.2, 0.25) is 0 Å². The van der Waals surface area contributed by atoms with Crippen LogP contribution in [-0.4, -0.2) is 32.2 Å². The molecular formula is C13H22N6O2. The van der Waals surface area contributed by atoms with Crippen LogP contribution in [0.4, 0.5) is 17.8 Å². The number of ketones is 1. The van der Waals surface area contributed by atoms with Crippen LogP contribution in [0.15, 0.2) is 0 Å². The molecule has 0 radical (unpaired) electrons. The summed E-state index contributed by atoms with van der Waals surface area (Å²) in [5.41, 5.74) is 4.51. The first kappa shape index (κ1) is 16.8. The molecule has 4 N–H and O–H groups in total. The van der Waals surface area contributed by atoms with Gasteiger partial charge < -0.3 is 11.1 Å².